The number of aromatic hydroxyl groups is 2. The number of ether oxygens (including phenoxy) is 1. The predicted octanol–water partition coefficient (Wildman–Crippen LogP) is 4.95. The van der Waals surface area contributed by atoms with Crippen LogP contribution >= 0.6 is 0 Å². The van der Waals surface area contributed by atoms with Crippen LogP contribution in [0, 0.1) is 0 Å². The van der Waals surface area contributed by atoms with Gasteiger partial charge in [-0.25, -0.2) is 4.98 Å². The molecule has 2 N–H and O–H groups in total. The third-order valence-corrected chi connectivity index (χ3v) is 6.55. The average molecular weight is 388 g/mol. The molecular formula is C23H20N2O4. The molecule has 0 spiro atoms. The molecule has 2 aliphatic rings. The second kappa shape index (κ2) is 5.21. The number of hydrogen-bond acceptors (Lipinski definition) is 5. The van der Waals surface area contributed by atoms with Crippen LogP contribution in [0.25, 0.3) is 27.8 Å². The van der Waals surface area contributed by atoms with E-state index in [0.29, 0.717) is 22.6 Å². The van der Waals surface area contributed by atoms with E-state index in [9.17, 15) is 10.2 Å². The lowest BCUT2D eigenvalue weighted by molar-refractivity contribution is -0.0683. The maximum absolute atomic E-state index is 11.2. The summed E-state index contributed by atoms with van der Waals surface area (Å²) in [6.07, 6.45) is 4.72. The zero-order valence-electron chi connectivity index (χ0n) is 16.1. The van der Waals surface area contributed by atoms with Gasteiger partial charge in [-0.1, -0.05) is 24.3 Å². The molecule has 1 saturated heterocycles. The van der Waals surface area contributed by atoms with Crippen LogP contribution in [0.5, 0.6) is 11.8 Å². The fraction of sp³-hybridized carbons (Fsp3) is 0.261. The Hall–Kier alpha value is -3.25. The van der Waals surface area contributed by atoms with Crippen LogP contribution in [0.15, 0.2) is 53.4 Å². The molecule has 0 amide bonds. The number of fused-ring (bicyclic) bond motifs is 6. The van der Waals surface area contributed by atoms with E-state index in [-0.39, 0.29) is 11.8 Å². The number of rotatable bonds is 2. The van der Waals surface area contributed by atoms with Crippen molar-refractivity contribution in [1.29, 1.82) is 0 Å². The van der Waals surface area contributed by atoms with Gasteiger partial charge in [0.1, 0.15) is 0 Å². The normalized spacial score (nSPS) is 25.0. The van der Waals surface area contributed by atoms with Crippen molar-refractivity contribution >= 4 is 10.8 Å². The summed E-state index contributed by atoms with van der Waals surface area (Å²) in [5.74, 6) is 0.754. The van der Waals surface area contributed by atoms with Crippen LogP contribution in [0.2, 0.25) is 0 Å². The lowest BCUT2D eigenvalue weighted by Gasteiger charge is -2.21. The molecule has 4 heterocycles. The number of benzene rings is 2. The van der Waals surface area contributed by atoms with Crippen LogP contribution in [0.1, 0.15) is 37.8 Å². The van der Waals surface area contributed by atoms with Crippen molar-refractivity contribution in [1.82, 2.24) is 9.55 Å². The molecule has 2 aliphatic heterocycles. The third-order valence-electron chi connectivity index (χ3n) is 6.55. The van der Waals surface area contributed by atoms with Crippen LogP contribution in [-0.2, 0) is 15.9 Å². The lowest BCUT2D eigenvalue weighted by Crippen LogP contribution is -2.17. The first-order valence-electron chi connectivity index (χ1n) is 9.72. The van der Waals surface area contributed by atoms with E-state index in [2.05, 4.69) is 4.98 Å². The Balaban J connectivity index is 1.65. The van der Waals surface area contributed by atoms with Gasteiger partial charge in [-0.05, 0) is 44.2 Å². The molecular weight excluding hydrogens is 368 g/mol. The Kier molecular flexibility index (Phi) is 3.00. The Morgan fingerprint density at radius 2 is 1.59 bits per heavy atom. The number of hydrogen-bond donors (Lipinski definition) is 2. The highest BCUT2D eigenvalue weighted by molar-refractivity contribution is 6.00. The molecule has 2 aromatic carbocycles. The lowest BCUT2D eigenvalue weighted by atomic mass is 9.80. The molecule has 0 saturated carbocycles. The van der Waals surface area contributed by atoms with Crippen molar-refractivity contribution in [3.05, 3.63) is 60.1 Å². The summed E-state index contributed by atoms with van der Waals surface area (Å²) in [5, 5.41) is 24.2. The second-order valence-corrected chi connectivity index (χ2v) is 8.34. The minimum atomic E-state index is -0.577. The van der Waals surface area contributed by atoms with Gasteiger partial charge in [0.05, 0.1) is 34.2 Å². The largest absolute Gasteiger partial charge is 0.494 e. The van der Waals surface area contributed by atoms with E-state index in [4.69, 9.17) is 9.15 Å². The highest BCUT2D eigenvalue weighted by Crippen LogP contribution is 2.64. The zero-order valence-corrected chi connectivity index (χ0v) is 16.1. The first-order valence-corrected chi connectivity index (χ1v) is 9.72. The maximum Gasteiger partial charge on any atom is 0.205 e. The Bertz CT molecular complexity index is 1250. The van der Waals surface area contributed by atoms with Gasteiger partial charge in [0.15, 0.2) is 12.2 Å². The molecule has 29 heavy (non-hydrogen) atoms. The fourth-order valence-corrected chi connectivity index (χ4v) is 5.25. The molecule has 0 unspecified atom stereocenters. The Labute approximate surface area is 167 Å². The van der Waals surface area contributed by atoms with Gasteiger partial charge >= 0.3 is 0 Å². The summed E-state index contributed by atoms with van der Waals surface area (Å²) in [5.41, 5.74) is 1.86. The Morgan fingerprint density at radius 3 is 2.21 bits per heavy atom. The smallest absolute Gasteiger partial charge is 0.205 e. The van der Waals surface area contributed by atoms with E-state index in [1.165, 1.54) is 6.39 Å². The number of nitrogens with zero attached hydrogens (tertiary/aromatic N) is 2. The molecule has 2 bridgehead atoms. The van der Waals surface area contributed by atoms with Gasteiger partial charge in [0, 0.05) is 10.9 Å². The SMILES string of the molecule is C[C@@]12CC[C@](C)(O1)c1c2c(O)n(-c2ccc(-c3cnco3)c3ccccc23)c1O. The molecule has 6 nitrogen and oxygen atoms in total. The van der Waals surface area contributed by atoms with E-state index in [1.807, 2.05) is 50.2 Å². The molecule has 4 aromatic rings. The standard InChI is InChI=1S/C23H20N2O4/c1-22-9-10-23(2,29-22)19-18(22)20(26)25(21(19)27)16-8-7-15(17-11-24-12-28-17)13-5-3-4-6-14(13)16/h3-8,11-12,26-27H,9-10H2,1-2H3/t22-,23-/m0/s1. The van der Waals surface area contributed by atoms with Gasteiger partial charge in [-0.15, -0.1) is 0 Å². The van der Waals surface area contributed by atoms with Gasteiger partial charge < -0.3 is 19.4 Å². The number of aromatic nitrogens is 2. The van der Waals surface area contributed by atoms with Gasteiger partial charge in [0.25, 0.3) is 0 Å². The first-order chi connectivity index (χ1) is 13.9. The topological polar surface area (TPSA) is 80.7 Å². The van der Waals surface area contributed by atoms with E-state index in [1.54, 1.807) is 10.8 Å². The average Bonchev–Trinajstić information content (AvgIpc) is 3.44. The third kappa shape index (κ3) is 1.96. The van der Waals surface area contributed by atoms with Crippen molar-refractivity contribution in [3.63, 3.8) is 0 Å². The highest BCUT2D eigenvalue weighted by Gasteiger charge is 2.59. The summed E-state index contributed by atoms with van der Waals surface area (Å²) >= 11 is 0. The summed E-state index contributed by atoms with van der Waals surface area (Å²) in [6, 6.07) is 11.7. The molecule has 6 rings (SSSR count). The van der Waals surface area contributed by atoms with E-state index < -0.39 is 11.2 Å². The van der Waals surface area contributed by atoms with Gasteiger partial charge in [-0.3, -0.25) is 4.57 Å². The van der Waals surface area contributed by atoms with Crippen LogP contribution in [0.4, 0.5) is 0 Å². The first kappa shape index (κ1) is 16.7. The maximum atomic E-state index is 11.2. The second-order valence-electron chi connectivity index (χ2n) is 8.34. The summed E-state index contributed by atoms with van der Waals surface area (Å²) in [6.45, 7) is 3.97. The molecule has 0 aliphatic carbocycles. The van der Waals surface area contributed by atoms with Crippen molar-refractivity contribution in [2.24, 2.45) is 0 Å². The quantitative estimate of drug-likeness (QED) is 0.508. The predicted molar refractivity (Wildman–Crippen MR) is 107 cm³/mol. The summed E-state index contributed by atoms with van der Waals surface area (Å²) < 4.78 is 13.3. The molecule has 6 heteroatoms. The molecule has 1 fully saturated rings. The molecule has 0 radical (unpaired) electrons. The fourth-order valence-electron chi connectivity index (χ4n) is 5.25. The van der Waals surface area contributed by atoms with E-state index in [0.717, 1.165) is 29.2 Å². The molecule has 2 aromatic heterocycles. The minimum absolute atomic E-state index is 0.0426. The number of oxazole rings is 1. The minimum Gasteiger partial charge on any atom is -0.494 e. The molecule has 146 valence electrons. The van der Waals surface area contributed by atoms with Crippen molar-refractivity contribution in [2.45, 2.75) is 37.9 Å². The monoisotopic (exact) mass is 388 g/mol. The van der Waals surface area contributed by atoms with Gasteiger partial charge in [0.2, 0.25) is 11.8 Å². The zero-order chi connectivity index (χ0) is 20.0. The van der Waals surface area contributed by atoms with Crippen LogP contribution in [-0.4, -0.2) is 19.8 Å². The Morgan fingerprint density at radius 1 is 0.931 bits per heavy atom. The summed E-state index contributed by atoms with van der Waals surface area (Å²) in [4.78, 5) is 4.02. The van der Waals surface area contributed by atoms with Crippen molar-refractivity contribution in [2.75, 3.05) is 0 Å². The molecule has 2 atom stereocenters. The van der Waals surface area contributed by atoms with E-state index >= 15 is 0 Å². The summed E-state index contributed by atoms with van der Waals surface area (Å²) in [7, 11) is 0. The van der Waals surface area contributed by atoms with Gasteiger partial charge in [-0.2, -0.15) is 0 Å². The van der Waals surface area contributed by atoms with Crippen LogP contribution in [0.3, 0.4) is 0 Å². The highest BCUT2D eigenvalue weighted by atomic mass is 16.5. The van der Waals surface area contributed by atoms with Crippen molar-refractivity contribution in [3.8, 4) is 28.8 Å². The van der Waals surface area contributed by atoms with Crippen molar-refractivity contribution < 1.29 is 19.4 Å². The van der Waals surface area contributed by atoms with Crippen LogP contribution < -0.4 is 0 Å².